The molecule has 1 saturated heterocycles. The van der Waals surface area contributed by atoms with Gasteiger partial charge >= 0.3 is 29.6 Å². The van der Waals surface area contributed by atoms with Gasteiger partial charge in [0.15, 0.2) is 6.29 Å². The summed E-state index contributed by atoms with van der Waals surface area (Å²) in [7, 11) is -5.11. The van der Waals surface area contributed by atoms with Gasteiger partial charge in [0.25, 0.3) is 0 Å². The van der Waals surface area contributed by atoms with Crippen LogP contribution in [0.25, 0.3) is 0 Å². The molecule has 0 saturated carbocycles. The molecule has 7 atom stereocenters. The van der Waals surface area contributed by atoms with Crippen molar-refractivity contribution in [2.24, 2.45) is 0 Å². The van der Waals surface area contributed by atoms with Gasteiger partial charge in [-0.3, -0.25) is 8.98 Å². The van der Waals surface area contributed by atoms with Crippen LogP contribution in [0, 0.1) is 0 Å². The minimum Gasteiger partial charge on any atom is -0.726 e. The van der Waals surface area contributed by atoms with Gasteiger partial charge in [-0.2, -0.15) is 0 Å². The first-order valence-corrected chi connectivity index (χ1v) is 26.0. The van der Waals surface area contributed by atoms with Gasteiger partial charge in [0.2, 0.25) is 16.3 Å². The van der Waals surface area contributed by atoms with E-state index in [2.05, 4.69) is 35.5 Å². The number of hydrogen-bond donors (Lipinski definition) is 5. The fourth-order valence-electron chi connectivity index (χ4n) is 7.76. The maximum atomic E-state index is 13.0. The van der Waals surface area contributed by atoms with Gasteiger partial charge in [-0.15, -0.1) is 0 Å². The molecule has 0 spiro atoms. The number of ether oxygens (including phenoxy) is 2. The number of hydrogen-bond acceptors (Lipinski definition) is 11. The van der Waals surface area contributed by atoms with Crippen molar-refractivity contribution in [3.05, 3.63) is 24.3 Å². The minimum absolute atomic E-state index is 0. The minimum atomic E-state index is -5.11. The molecule has 14 heteroatoms. The van der Waals surface area contributed by atoms with E-state index in [1.165, 1.54) is 154 Å². The maximum Gasteiger partial charge on any atom is 1.00 e. The predicted octanol–water partition coefficient (Wildman–Crippen LogP) is 6.77. The van der Waals surface area contributed by atoms with Crippen molar-refractivity contribution in [1.82, 2.24) is 5.32 Å². The summed E-state index contributed by atoms with van der Waals surface area (Å²) in [5, 5.41) is 45.0. The summed E-state index contributed by atoms with van der Waals surface area (Å²) in [4.78, 5) is 13.0. The van der Waals surface area contributed by atoms with Crippen LogP contribution >= 0.6 is 0 Å². The molecule has 1 rings (SSSR count). The Morgan fingerprint density at radius 2 is 1.03 bits per heavy atom. The molecule has 1 aliphatic rings. The summed E-state index contributed by atoms with van der Waals surface area (Å²) in [5.41, 5.74) is 0. The van der Waals surface area contributed by atoms with E-state index < -0.39 is 59.9 Å². The Morgan fingerprint density at radius 1 is 0.629 bits per heavy atom. The standard InChI is InChI=1S/C48H91NO11S.Na/c1-3-5-7-9-11-13-15-17-18-19-20-21-22-23-24-26-28-30-32-34-36-38-44(51)49-41(42(50)37-35-33-31-29-27-25-16-14-12-10-8-6-4-2)39-58-48-47(54)46(53)45(52)43(60-48)40-59-61(55,56)57;/h17-18,35,37,41-43,45-48,50,52-54H,3-16,19-34,36,38-40H2,1-2H3,(H,49,51)(H,55,56,57);/q;+1/p-1/b18-17-,37-35+;/t41-,42+,43+,45-,46-,47+,48+;/m0./s1. The topological polar surface area (TPSA) is 195 Å². The van der Waals surface area contributed by atoms with Crippen molar-refractivity contribution in [1.29, 1.82) is 0 Å². The molecular formula is C48H90NNaO11S. The second-order valence-electron chi connectivity index (χ2n) is 17.4. The quantitative estimate of drug-likeness (QED) is 0.0143. The second-order valence-corrected chi connectivity index (χ2v) is 18.5. The first-order valence-electron chi connectivity index (χ1n) is 24.7. The Morgan fingerprint density at radius 3 is 1.47 bits per heavy atom. The van der Waals surface area contributed by atoms with Gasteiger partial charge in [0.05, 0.1) is 25.4 Å². The zero-order valence-corrected chi connectivity index (χ0v) is 42.3. The molecule has 1 amide bonds. The summed E-state index contributed by atoms with van der Waals surface area (Å²) in [6.07, 6.45) is 36.7. The van der Waals surface area contributed by atoms with Crippen LogP contribution in [0.4, 0.5) is 0 Å². The van der Waals surface area contributed by atoms with Crippen molar-refractivity contribution in [3.63, 3.8) is 0 Å². The number of aliphatic hydroxyl groups excluding tert-OH is 4. The third kappa shape index (κ3) is 34.9. The third-order valence-corrected chi connectivity index (χ3v) is 12.1. The normalized spacial score (nSPS) is 20.5. The summed E-state index contributed by atoms with van der Waals surface area (Å²) in [6, 6.07) is -0.927. The zero-order chi connectivity index (χ0) is 44.8. The van der Waals surface area contributed by atoms with Gasteiger partial charge in [-0.25, -0.2) is 8.42 Å². The molecular weight excluding hydrogens is 822 g/mol. The molecule has 0 aromatic carbocycles. The van der Waals surface area contributed by atoms with Gasteiger partial charge in [-0.1, -0.05) is 192 Å². The van der Waals surface area contributed by atoms with E-state index in [9.17, 15) is 38.2 Å². The number of allylic oxidation sites excluding steroid dienone is 3. The smallest absolute Gasteiger partial charge is 0.726 e. The molecule has 1 heterocycles. The van der Waals surface area contributed by atoms with Crippen LogP contribution in [0.1, 0.15) is 219 Å². The first kappa shape index (κ1) is 61.6. The molecule has 0 radical (unpaired) electrons. The fraction of sp³-hybridized carbons (Fsp3) is 0.896. The summed E-state index contributed by atoms with van der Waals surface area (Å²) in [5.74, 6) is -0.257. The molecule has 360 valence electrons. The summed E-state index contributed by atoms with van der Waals surface area (Å²) in [6.45, 7) is 3.26. The first-order chi connectivity index (χ1) is 29.5. The largest absolute Gasteiger partial charge is 1.00 e. The molecule has 1 fully saturated rings. The van der Waals surface area contributed by atoms with E-state index in [1.54, 1.807) is 6.08 Å². The van der Waals surface area contributed by atoms with Crippen molar-refractivity contribution < 1.29 is 81.4 Å². The number of aliphatic hydroxyl groups is 4. The molecule has 0 aromatic heterocycles. The van der Waals surface area contributed by atoms with Crippen LogP contribution < -0.4 is 34.9 Å². The number of rotatable bonds is 42. The average Bonchev–Trinajstić information content (AvgIpc) is 3.23. The van der Waals surface area contributed by atoms with Crippen molar-refractivity contribution in [3.8, 4) is 0 Å². The van der Waals surface area contributed by atoms with Crippen LogP contribution in [0.15, 0.2) is 24.3 Å². The van der Waals surface area contributed by atoms with Gasteiger partial charge in [0.1, 0.15) is 24.4 Å². The van der Waals surface area contributed by atoms with Crippen LogP contribution in [-0.4, -0.2) is 95.4 Å². The second kappa shape index (κ2) is 42.0. The number of unbranched alkanes of at least 4 members (excludes halogenated alkanes) is 28. The monoisotopic (exact) mass is 912 g/mol. The van der Waals surface area contributed by atoms with Crippen LogP contribution in [0.2, 0.25) is 0 Å². The molecule has 62 heavy (non-hydrogen) atoms. The van der Waals surface area contributed by atoms with E-state index in [1.807, 2.05) is 6.08 Å². The SMILES string of the molecule is CCCCCCCC/C=C\CCCCCCCCCCCCCC(=O)N[C@@H](CO[C@@H]1O[C@H](COS(=O)(=O)[O-])[C@H](O)[C@H](O)[C@H]1O)[C@H](O)/C=C/CCCCCCCCCCCCC.[Na+]. The number of nitrogens with one attached hydrogen (secondary N) is 1. The Labute approximate surface area is 400 Å². The maximum absolute atomic E-state index is 13.0. The van der Waals surface area contributed by atoms with Crippen LogP contribution in [-0.2, 0) is 28.9 Å². The number of amides is 1. The Bertz CT molecular complexity index is 1190. The van der Waals surface area contributed by atoms with E-state index in [0.29, 0.717) is 6.42 Å². The Balaban J connectivity index is 0.0000372. The number of carbonyl (C=O) groups is 1. The molecule has 0 aliphatic carbocycles. The van der Waals surface area contributed by atoms with Crippen LogP contribution in [0.3, 0.4) is 0 Å². The average molecular weight is 912 g/mol. The van der Waals surface area contributed by atoms with E-state index in [0.717, 1.165) is 38.5 Å². The van der Waals surface area contributed by atoms with E-state index >= 15 is 0 Å². The predicted molar refractivity (Wildman–Crippen MR) is 244 cm³/mol. The summed E-state index contributed by atoms with van der Waals surface area (Å²) >= 11 is 0. The fourth-order valence-corrected chi connectivity index (χ4v) is 8.06. The molecule has 0 bridgehead atoms. The third-order valence-electron chi connectivity index (χ3n) is 11.7. The van der Waals surface area contributed by atoms with Crippen molar-refractivity contribution in [2.75, 3.05) is 13.2 Å². The molecule has 5 N–H and O–H groups in total. The molecule has 1 aliphatic heterocycles. The molecule has 0 unspecified atom stereocenters. The van der Waals surface area contributed by atoms with Crippen molar-refractivity contribution >= 4 is 16.3 Å². The van der Waals surface area contributed by atoms with Crippen LogP contribution in [0.5, 0.6) is 0 Å². The zero-order valence-electron chi connectivity index (χ0n) is 39.4. The van der Waals surface area contributed by atoms with Gasteiger partial charge in [-0.05, 0) is 44.9 Å². The Hall–Kier alpha value is -0.420. The van der Waals surface area contributed by atoms with E-state index in [-0.39, 0.29) is 48.5 Å². The van der Waals surface area contributed by atoms with E-state index in [4.69, 9.17) is 9.47 Å². The molecule has 12 nitrogen and oxygen atoms in total. The van der Waals surface area contributed by atoms with Crippen molar-refractivity contribution in [2.45, 2.75) is 262 Å². The Kier molecular flexibility index (Phi) is 41.7. The number of carbonyl (C=O) groups excluding carboxylic acids is 1. The van der Waals surface area contributed by atoms with Gasteiger partial charge < -0.3 is 39.8 Å². The summed E-state index contributed by atoms with van der Waals surface area (Å²) < 4.78 is 48.2. The van der Waals surface area contributed by atoms with Gasteiger partial charge in [0, 0.05) is 6.42 Å². The molecule has 0 aromatic rings.